The van der Waals surface area contributed by atoms with Crippen molar-refractivity contribution in [2.75, 3.05) is 13.2 Å². The molecule has 1 aliphatic carbocycles. The molecule has 1 saturated heterocycles. The van der Waals surface area contributed by atoms with Crippen molar-refractivity contribution in [3.05, 3.63) is 0 Å². The van der Waals surface area contributed by atoms with E-state index in [1.54, 1.807) is 0 Å². The molecule has 1 spiro atoms. The zero-order chi connectivity index (χ0) is 13.4. The third-order valence-electron chi connectivity index (χ3n) is 4.86. The Labute approximate surface area is 112 Å². The van der Waals surface area contributed by atoms with Gasteiger partial charge in [-0.25, -0.2) is 0 Å². The fourth-order valence-corrected chi connectivity index (χ4v) is 3.41. The monoisotopic (exact) mass is 254 g/mol. The highest BCUT2D eigenvalue weighted by molar-refractivity contribution is 5.07. The van der Waals surface area contributed by atoms with E-state index in [1.165, 1.54) is 19.3 Å². The summed E-state index contributed by atoms with van der Waals surface area (Å²) < 4.78 is 12.1. The largest absolute Gasteiger partial charge is 0.375 e. The molecule has 0 bridgehead atoms. The molecule has 1 saturated carbocycles. The quantitative estimate of drug-likeness (QED) is 0.691. The number of epoxide rings is 1. The fraction of sp³-hybridized carbons (Fsp3) is 1.00. The van der Waals surface area contributed by atoms with Gasteiger partial charge in [0.2, 0.25) is 0 Å². The average Bonchev–Trinajstić information content (AvgIpc) is 3.02. The van der Waals surface area contributed by atoms with Crippen LogP contribution in [0, 0.1) is 17.8 Å². The van der Waals surface area contributed by atoms with E-state index in [0.29, 0.717) is 5.92 Å². The van der Waals surface area contributed by atoms with Crippen molar-refractivity contribution < 1.29 is 9.47 Å². The molecule has 106 valence electrons. The van der Waals surface area contributed by atoms with Gasteiger partial charge in [-0.1, -0.05) is 20.8 Å². The van der Waals surface area contributed by atoms with Crippen molar-refractivity contribution >= 4 is 0 Å². The van der Waals surface area contributed by atoms with Gasteiger partial charge in [0.05, 0.1) is 17.8 Å². The van der Waals surface area contributed by atoms with E-state index in [4.69, 9.17) is 9.47 Å². The Morgan fingerprint density at radius 3 is 2.61 bits per heavy atom. The lowest BCUT2D eigenvalue weighted by atomic mass is 9.68. The van der Waals surface area contributed by atoms with Gasteiger partial charge in [0.1, 0.15) is 0 Å². The van der Waals surface area contributed by atoms with E-state index in [-0.39, 0.29) is 11.2 Å². The first-order chi connectivity index (χ1) is 8.36. The first-order valence-corrected chi connectivity index (χ1v) is 7.64. The number of hydrogen-bond donors (Lipinski definition) is 0. The predicted octanol–water partition coefficient (Wildman–Crippen LogP) is 4.03. The Kier molecular flexibility index (Phi) is 4.08. The van der Waals surface area contributed by atoms with Crippen LogP contribution in [-0.2, 0) is 9.47 Å². The van der Waals surface area contributed by atoms with Crippen LogP contribution < -0.4 is 0 Å². The van der Waals surface area contributed by atoms with Crippen LogP contribution in [0.25, 0.3) is 0 Å². The minimum atomic E-state index is -0.0416. The van der Waals surface area contributed by atoms with Crippen LogP contribution in [0.1, 0.15) is 60.3 Å². The molecule has 0 N–H and O–H groups in total. The molecular formula is C16H30O2. The van der Waals surface area contributed by atoms with Gasteiger partial charge in [-0.05, 0) is 51.4 Å². The molecule has 18 heavy (non-hydrogen) atoms. The van der Waals surface area contributed by atoms with E-state index in [9.17, 15) is 0 Å². The van der Waals surface area contributed by atoms with Gasteiger partial charge in [-0.3, -0.25) is 0 Å². The third-order valence-corrected chi connectivity index (χ3v) is 4.86. The summed E-state index contributed by atoms with van der Waals surface area (Å²) in [7, 11) is 0. The average molecular weight is 254 g/mol. The highest BCUT2D eigenvalue weighted by Gasteiger charge is 2.58. The third kappa shape index (κ3) is 3.08. The minimum Gasteiger partial charge on any atom is -0.375 e. The molecule has 0 amide bonds. The summed E-state index contributed by atoms with van der Waals surface area (Å²) in [5.74, 6) is 2.11. The van der Waals surface area contributed by atoms with Gasteiger partial charge in [-0.2, -0.15) is 0 Å². The normalized spacial score (nSPS) is 36.3. The second-order valence-corrected chi connectivity index (χ2v) is 7.42. The molecule has 2 fully saturated rings. The molecule has 2 heteroatoms. The Bertz CT molecular complexity index is 279. The first-order valence-electron chi connectivity index (χ1n) is 7.64. The maximum atomic E-state index is 6.22. The molecule has 0 radical (unpaired) electrons. The summed E-state index contributed by atoms with van der Waals surface area (Å²) >= 11 is 0. The second-order valence-electron chi connectivity index (χ2n) is 7.42. The molecule has 3 unspecified atom stereocenters. The van der Waals surface area contributed by atoms with Gasteiger partial charge >= 0.3 is 0 Å². The van der Waals surface area contributed by atoms with Gasteiger partial charge in [0.15, 0.2) is 0 Å². The molecule has 2 aliphatic rings. The Hall–Kier alpha value is -0.0800. The zero-order valence-electron chi connectivity index (χ0n) is 12.8. The standard InChI is InChI=1S/C16H30O2/c1-12(2)7-9-17-15(4,5)14-10-13(3)6-8-16(14)11-18-16/h12-14H,6-11H2,1-5H3. The molecule has 1 heterocycles. The smallest absolute Gasteiger partial charge is 0.0971 e. The van der Waals surface area contributed by atoms with E-state index < -0.39 is 0 Å². The Balaban J connectivity index is 1.94. The lowest BCUT2D eigenvalue weighted by molar-refractivity contribution is -0.102. The molecule has 2 rings (SSSR count). The maximum Gasteiger partial charge on any atom is 0.0971 e. The summed E-state index contributed by atoms with van der Waals surface area (Å²) in [6.45, 7) is 13.2. The van der Waals surface area contributed by atoms with Crippen LogP contribution in [-0.4, -0.2) is 24.4 Å². The SMILES string of the molecule is CC(C)CCOC(C)(C)C1CC(C)CCC12CO2. The Morgan fingerprint density at radius 2 is 2.06 bits per heavy atom. The summed E-state index contributed by atoms with van der Waals surface area (Å²) in [6.07, 6.45) is 4.96. The summed E-state index contributed by atoms with van der Waals surface area (Å²) in [4.78, 5) is 0. The predicted molar refractivity (Wildman–Crippen MR) is 74.7 cm³/mol. The van der Waals surface area contributed by atoms with Crippen molar-refractivity contribution in [3.63, 3.8) is 0 Å². The van der Waals surface area contributed by atoms with Crippen LogP contribution in [0.4, 0.5) is 0 Å². The zero-order valence-corrected chi connectivity index (χ0v) is 12.8. The van der Waals surface area contributed by atoms with E-state index >= 15 is 0 Å². The van der Waals surface area contributed by atoms with Crippen molar-refractivity contribution in [2.45, 2.75) is 71.5 Å². The summed E-state index contributed by atoms with van der Waals surface area (Å²) in [5, 5.41) is 0. The van der Waals surface area contributed by atoms with E-state index in [1.807, 2.05) is 0 Å². The molecule has 0 aromatic carbocycles. The molecule has 1 aliphatic heterocycles. The molecular weight excluding hydrogens is 224 g/mol. The highest BCUT2D eigenvalue weighted by atomic mass is 16.6. The maximum absolute atomic E-state index is 6.22. The van der Waals surface area contributed by atoms with Crippen LogP contribution in [0.15, 0.2) is 0 Å². The minimum absolute atomic E-state index is 0.0416. The van der Waals surface area contributed by atoms with E-state index in [0.717, 1.165) is 31.5 Å². The van der Waals surface area contributed by atoms with Gasteiger partial charge in [0, 0.05) is 12.5 Å². The molecule has 0 aromatic rings. The Morgan fingerprint density at radius 1 is 1.39 bits per heavy atom. The summed E-state index contributed by atoms with van der Waals surface area (Å²) in [5.41, 5.74) is 0.133. The number of ether oxygens (including phenoxy) is 2. The lowest BCUT2D eigenvalue weighted by Gasteiger charge is -2.43. The van der Waals surface area contributed by atoms with E-state index in [2.05, 4.69) is 34.6 Å². The molecule has 2 nitrogen and oxygen atoms in total. The number of rotatable bonds is 5. The molecule has 0 aromatic heterocycles. The number of hydrogen-bond acceptors (Lipinski definition) is 2. The van der Waals surface area contributed by atoms with Crippen LogP contribution >= 0.6 is 0 Å². The summed E-state index contributed by atoms with van der Waals surface area (Å²) in [6, 6.07) is 0. The highest BCUT2D eigenvalue weighted by Crippen LogP contribution is 2.52. The second kappa shape index (κ2) is 5.13. The van der Waals surface area contributed by atoms with Crippen LogP contribution in [0.5, 0.6) is 0 Å². The first kappa shape index (κ1) is 14.3. The fourth-order valence-electron chi connectivity index (χ4n) is 3.41. The van der Waals surface area contributed by atoms with Gasteiger partial charge < -0.3 is 9.47 Å². The van der Waals surface area contributed by atoms with Crippen molar-refractivity contribution in [1.82, 2.24) is 0 Å². The topological polar surface area (TPSA) is 21.8 Å². The van der Waals surface area contributed by atoms with Crippen molar-refractivity contribution in [2.24, 2.45) is 17.8 Å². The van der Waals surface area contributed by atoms with Crippen LogP contribution in [0.3, 0.4) is 0 Å². The molecule has 3 atom stereocenters. The van der Waals surface area contributed by atoms with Crippen molar-refractivity contribution in [3.8, 4) is 0 Å². The van der Waals surface area contributed by atoms with Gasteiger partial charge in [0.25, 0.3) is 0 Å². The van der Waals surface area contributed by atoms with Gasteiger partial charge in [-0.15, -0.1) is 0 Å². The lowest BCUT2D eigenvalue weighted by Crippen LogP contribution is -2.47. The van der Waals surface area contributed by atoms with Crippen molar-refractivity contribution in [1.29, 1.82) is 0 Å². The van der Waals surface area contributed by atoms with Crippen LogP contribution in [0.2, 0.25) is 0 Å².